The van der Waals surface area contributed by atoms with E-state index in [4.69, 9.17) is 4.74 Å². The normalized spacial score (nSPS) is 10.1. The number of hydrogen-bond donors (Lipinski definition) is 0. The highest BCUT2D eigenvalue weighted by Crippen LogP contribution is 2.22. The molecule has 0 fully saturated rings. The smallest absolute Gasteiger partial charge is 0.305 e. The van der Waals surface area contributed by atoms with Gasteiger partial charge in [-0.3, -0.25) is 9.59 Å². The van der Waals surface area contributed by atoms with Crippen LogP contribution in [0.25, 0.3) is 0 Å². The third kappa shape index (κ3) is 4.69. The maximum absolute atomic E-state index is 13.2. The van der Waals surface area contributed by atoms with E-state index in [2.05, 4.69) is 4.74 Å². The molecule has 0 unspecified atom stereocenters. The monoisotopic (exact) mass is 268 g/mol. The highest BCUT2D eigenvalue weighted by atomic mass is 19.1. The Labute approximate surface area is 111 Å². The summed E-state index contributed by atoms with van der Waals surface area (Å²) < 4.78 is 22.9. The first-order valence-corrected chi connectivity index (χ1v) is 6.10. The van der Waals surface area contributed by atoms with Gasteiger partial charge in [0, 0.05) is 12.8 Å². The topological polar surface area (TPSA) is 52.6 Å². The molecule has 1 aromatic carbocycles. The van der Waals surface area contributed by atoms with Crippen LogP contribution in [0.15, 0.2) is 18.2 Å². The lowest BCUT2D eigenvalue weighted by atomic mass is 10.0. The number of carbonyl (C=O) groups is 2. The molecule has 0 N–H and O–H groups in total. The third-order valence-electron chi connectivity index (χ3n) is 2.55. The summed E-state index contributed by atoms with van der Waals surface area (Å²) in [6.45, 7) is 2.18. The van der Waals surface area contributed by atoms with Gasteiger partial charge in [0.2, 0.25) is 0 Å². The molecule has 0 atom stereocenters. The Balaban J connectivity index is 2.69. The Morgan fingerprint density at radius 2 is 2.00 bits per heavy atom. The van der Waals surface area contributed by atoms with E-state index in [0.717, 1.165) is 6.07 Å². The van der Waals surface area contributed by atoms with Crippen molar-refractivity contribution in [3.05, 3.63) is 29.6 Å². The zero-order chi connectivity index (χ0) is 14.3. The van der Waals surface area contributed by atoms with Gasteiger partial charge in [0.15, 0.2) is 5.78 Å². The summed E-state index contributed by atoms with van der Waals surface area (Å²) in [6.07, 6.45) is 0.688. The molecule has 0 radical (unpaired) electrons. The predicted octanol–water partition coefficient (Wildman–Crippen LogP) is 2.75. The molecule has 0 aliphatic heterocycles. The molecule has 0 bridgehead atoms. The zero-order valence-corrected chi connectivity index (χ0v) is 11.1. The Hall–Kier alpha value is -1.91. The molecule has 0 aliphatic rings. The summed E-state index contributed by atoms with van der Waals surface area (Å²) in [6, 6.07) is 3.84. The average Bonchev–Trinajstić information content (AvgIpc) is 2.40. The standard InChI is InChI=1S/C14H17FO4/c1-3-19-13-8-7-10(15)9-11(13)12(16)5-4-6-14(17)18-2/h7-9H,3-6H2,1-2H3. The van der Waals surface area contributed by atoms with E-state index in [1.54, 1.807) is 6.92 Å². The van der Waals surface area contributed by atoms with E-state index in [1.165, 1.54) is 19.2 Å². The number of ketones is 1. The number of halogens is 1. The largest absolute Gasteiger partial charge is 0.493 e. The molecule has 4 nitrogen and oxygen atoms in total. The first-order chi connectivity index (χ1) is 9.08. The molecule has 5 heteroatoms. The molecule has 1 rings (SSSR count). The first-order valence-electron chi connectivity index (χ1n) is 6.10. The number of ether oxygens (including phenoxy) is 2. The van der Waals surface area contributed by atoms with Crippen molar-refractivity contribution >= 4 is 11.8 Å². The number of Topliss-reactive ketones (excluding diaryl/α,β-unsaturated/α-hetero) is 1. The van der Waals surface area contributed by atoms with Crippen molar-refractivity contribution in [2.45, 2.75) is 26.2 Å². The zero-order valence-electron chi connectivity index (χ0n) is 11.1. The fourth-order valence-electron chi connectivity index (χ4n) is 1.63. The number of methoxy groups -OCH3 is 1. The second-order valence-corrected chi connectivity index (χ2v) is 3.93. The molecule has 0 spiro atoms. The van der Waals surface area contributed by atoms with Crippen molar-refractivity contribution in [2.24, 2.45) is 0 Å². The SMILES string of the molecule is CCOc1ccc(F)cc1C(=O)CCCC(=O)OC. The van der Waals surface area contributed by atoms with E-state index < -0.39 is 5.82 Å². The Bertz CT molecular complexity index is 457. The van der Waals surface area contributed by atoms with Crippen molar-refractivity contribution in [1.82, 2.24) is 0 Å². The van der Waals surface area contributed by atoms with Gasteiger partial charge in [-0.2, -0.15) is 0 Å². The first kappa shape index (κ1) is 15.1. The van der Waals surface area contributed by atoms with Crippen LogP contribution >= 0.6 is 0 Å². The number of esters is 1. The van der Waals surface area contributed by atoms with Crippen molar-refractivity contribution < 1.29 is 23.5 Å². The van der Waals surface area contributed by atoms with E-state index in [9.17, 15) is 14.0 Å². The maximum atomic E-state index is 13.2. The molecule has 0 saturated heterocycles. The second kappa shape index (κ2) is 7.51. The van der Waals surface area contributed by atoms with Gasteiger partial charge < -0.3 is 9.47 Å². The highest BCUT2D eigenvalue weighted by molar-refractivity contribution is 5.98. The molecule has 0 amide bonds. The summed E-state index contributed by atoms with van der Waals surface area (Å²) in [5, 5.41) is 0. The van der Waals surface area contributed by atoms with Crippen molar-refractivity contribution in [2.75, 3.05) is 13.7 Å². The quantitative estimate of drug-likeness (QED) is 0.563. The lowest BCUT2D eigenvalue weighted by molar-refractivity contribution is -0.140. The Morgan fingerprint density at radius 3 is 2.63 bits per heavy atom. The highest BCUT2D eigenvalue weighted by Gasteiger charge is 2.14. The summed E-state index contributed by atoms with van der Waals surface area (Å²) in [4.78, 5) is 22.9. The number of carbonyl (C=O) groups excluding carboxylic acids is 2. The molecule has 19 heavy (non-hydrogen) atoms. The lowest BCUT2D eigenvalue weighted by Crippen LogP contribution is -2.06. The van der Waals surface area contributed by atoms with Gasteiger partial charge >= 0.3 is 5.97 Å². The predicted molar refractivity (Wildman–Crippen MR) is 67.8 cm³/mol. The van der Waals surface area contributed by atoms with Gasteiger partial charge in [-0.05, 0) is 31.5 Å². The van der Waals surface area contributed by atoms with Gasteiger partial charge in [-0.25, -0.2) is 4.39 Å². The lowest BCUT2D eigenvalue weighted by Gasteiger charge is -2.09. The van der Waals surface area contributed by atoms with Crippen LogP contribution in [0.4, 0.5) is 4.39 Å². The summed E-state index contributed by atoms with van der Waals surface area (Å²) in [5.74, 6) is -0.726. The van der Waals surface area contributed by atoms with E-state index in [0.29, 0.717) is 18.8 Å². The van der Waals surface area contributed by atoms with Gasteiger partial charge in [0.05, 0.1) is 19.3 Å². The number of hydrogen-bond acceptors (Lipinski definition) is 4. The van der Waals surface area contributed by atoms with Gasteiger partial charge in [0.1, 0.15) is 11.6 Å². The molecule has 0 aliphatic carbocycles. The van der Waals surface area contributed by atoms with Crippen LogP contribution in [-0.2, 0) is 9.53 Å². The van der Waals surface area contributed by atoms with Crippen LogP contribution in [0.2, 0.25) is 0 Å². The molecule has 1 aromatic rings. The van der Waals surface area contributed by atoms with Crippen LogP contribution in [0.5, 0.6) is 5.75 Å². The van der Waals surface area contributed by atoms with Crippen LogP contribution < -0.4 is 4.74 Å². The van der Waals surface area contributed by atoms with E-state index in [-0.39, 0.29) is 30.2 Å². The number of benzene rings is 1. The second-order valence-electron chi connectivity index (χ2n) is 3.93. The third-order valence-corrected chi connectivity index (χ3v) is 2.55. The molecular weight excluding hydrogens is 251 g/mol. The van der Waals surface area contributed by atoms with Crippen LogP contribution in [0.3, 0.4) is 0 Å². The van der Waals surface area contributed by atoms with Crippen molar-refractivity contribution in [3.8, 4) is 5.75 Å². The minimum Gasteiger partial charge on any atom is -0.493 e. The van der Waals surface area contributed by atoms with Crippen molar-refractivity contribution in [1.29, 1.82) is 0 Å². The maximum Gasteiger partial charge on any atom is 0.305 e. The fraction of sp³-hybridized carbons (Fsp3) is 0.429. The van der Waals surface area contributed by atoms with Crippen LogP contribution in [0.1, 0.15) is 36.5 Å². The Kier molecular flexibility index (Phi) is 5.99. The van der Waals surface area contributed by atoms with Gasteiger partial charge in [-0.1, -0.05) is 0 Å². The molecule has 0 saturated carbocycles. The van der Waals surface area contributed by atoms with Crippen LogP contribution in [0, 0.1) is 5.82 Å². The van der Waals surface area contributed by atoms with Crippen LogP contribution in [-0.4, -0.2) is 25.5 Å². The fourth-order valence-corrected chi connectivity index (χ4v) is 1.63. The number of rotatable bonds is 7. The minimum absolute atomic E-state index is 0.151. The van der Waals surface area contributed by atoms with E-state index >= 15 is 0 Å². The average molecular weight is 268 g/mol. The van der Waals surface area contributed by atoms with Crippen molar-refractivity contribution in [3.63, 3.8) is 0 Å². The van der Waals surface area contributed by atoms with E-state index in [1.807, 2.05) is 0 Å². The summed E-state index contributed by atoms with van der Waals surface area (Å²) >= 11 is 0. The molecule has 104 valence electrons. The molecule has 0 heterocycles. The molecular formula is C14H17FO4. The molecule has 0 aromatic heterocycles. The van der Waals surface area contributed by atoms with Gasteiger partial charge in [0.25, 0.3) is 0 Å². The van der Waals surface area contributed by atoms with Gasteiger partial charge in [-0.15, -0.1) is 0 Å². The summed E-state index contributed by atoms with van der Waals surface area (Å²) in [5.41, 5.74) is 0.215. The summed E-state index contributed by atoms with van der Waals surface area (Å²) in [7, 11) is 1.30. The minimum atomic E-state index is -0.486. The Morgan fingerprint density at radius 1 is 1.26 bits per heavy atom.